The van der Waals surface area contributed by atoms with Crippen molar-refractivity contribution in [2.75, 3.05) is 17.9 Å². The van der Waals surface area contributed by atoms with Crippen LogP contribution in [0, 0.1) is 0 Å². The molecule has 1 unspecified atom stereocenters. The summed E-state index contributed by atoms with van der Waals surface area (Å²) in [7, 11) is -3.68. The van der Waals surface area contributed by atoms with E-state index in [0.29, 0.717) is 23.7 Å². The molecule has 0 aliphatic carbocycles. The number of amides is 1. The Morgan fingerprint density at radius 1 is 1.15 bits per heavy atom. The predicted molar refractivity (Wildman–Crippen MR) is 105 cm³/mol. The first-order chi connectivity index (χ1) is 12.9. The summed E-state index contributed by atoms with van der Waals surface area (Å²) in [5, 5.41) is 3.35. The van der Waals surface area contributed by atoms with Gasteiger partial charge in [0.2, 0.25) is 10.0 Å². The molecule has 0 bridgehead atoms. The summed E-state index contributed by atoms with van der Waals surface area (Å²) in [6, 6.07) is 13.1. The number of nitrogens with one attached hydrogen (secondary N) is 2. The lowest BCUT2D eigenvalue weighted by molar-refractivity contribution is 0.0858. The number of anilines is 1. The van der Waals surface area contributed by atoms with Gasteiger partial charge in [-0.25, -0.2) is 8.42 Å². The highest BCUT2D eigenvalue weighted by atomic mass is 35.5. The molecule has 8 heteroatoms. The minimum absolute atomic E-state index is 0.0164. The standard InChI is InChI=1S/C19H21ClN2O4S/c20-15-9-7-14(8-10-15)13-27(24,25)22-18-6-2-1-5-17(18)19(23)21-12-16-4-3-11-26-16/h1-2,5-10,16,22H,3-4,11-13H2,(H,21,23). The van der Waals surface area contributed by atoms with Crippen LogP contribution in [0.3, 0.4) is 0 Å². The molecule has 1 saturated heterocycles. The first-order valence-corrected chi connectivity index (χ1v) is 10.7. The molecule has 0 spiro atoms. The second kappa shape index (κ2) is 8.73. The van der Waals surface area contributed by atoms with Gasteiger partial charge in [-0.2, -0.15) is 0 Å². The fraction of sp³-hybridized carbons (Fsp3) is 0.316. The van der Waals surface area contributed by atoms with Crippen molar-refractivity contribution in [1.82, 2.24) is 5.32 Å². The van der Waals surface area contributed by atoms with Crippen molar-refractivity contribution in [3.05, 3.63) is 64.7 Å². The van der Waals surface area contributed by atoms with Crippen molar-refractivity contribution in [2.45, 2.75) is 24.7 Å². The van der Waals surface area contributed by atoms with Gasteiger partial charge in [-0.3, -0.25) is 9.52 Å². The molecule has 0 saturated carbocycles. The predicted octanol–water partition coefficient (Wildman–Crippen LogP) is 3.19. The van der Waals surface area contributed by atoms with E-state index in [1.807, 2.05) is 0 Å². The van der Waals surface area contributed by atoms with Crippen molar-refractivity contribution in [2.24, 2.45) is 0 Å². The number of ether oxygens (including phenoxy) is 1. The van der Waals surface area contributed by atoms with Crippen LogP contribution in [0.4, 0.5) is 5.69 Å². The van der Waals surface area contributed by atoms with Gasteiger partial charge in [0, 0.05) is 18.2 Å². The van der Waals surface area contributed by atoms with Crippen LogP contribution < -0.4 is 10.0 Å². The zero-order valence-corrected chi connectivity index (χ0v) is 16.2. The van der Waals surface area contributed by atoms with E-state index in [1.54, 1.807) is 48.5 Å². The van der Waals surface area contributed by atoms with Crippen molar-refractivity contribution in [3.8, 4) is 0 Å². The molecule has 1 heterocycles. The third-order valence-electron chi connectivity index (χ3n) is 4.22. The fourth-order valence-electron chi connectivity index (χ4n) is 2.88. The lowest BCUT2D eigenvalue weighted by Gasteiger charge is -2.14. The third kappa shape index (κ3) is 5.69. The van der Waals surface area contributed by atoms with Crippen molar-refractivity contribution >= 4 is 33.2 Å². The molecular weight excluding hydrogens is 388 g/mol. The highest BCUT2D eigenvalue weighted by molar-refractivity contribution is 7.91. The summed E-state index contributed by atoms with van der Waals surface area (Å²) in [5.41, 5.74) is 1.12. The van der Waals surface area contributed by atoms with E-state index in [2.05, 4.69) is 10.0 Å². The molecule has 2 aromatic carbocycles. The van der Waals surface area contributed by atoms with Crippen LogP contribution in [0.1, 0.15) is 28.8 Å². The second-order valence-electron chi connectivity index (χ2n) is 6.38. The Balaban J connectivity index is 1.68. The molecule has 0 radical (unpaired) electrons. The zero-order valence-electron chi connectivity index (χ0n) is 14.7. The number of sulfonamides is 1. The number of hydrogen-bond acceptors (Lipinski definition) is 4. The molecular formula is C19H21ClN2O4S. The van der Waals surface area contributed by atoms with Gasteiger partial charge in [0.1, 0.15) is 0 Å². The van der Waals surface area contributed by atoms with Gasteiger partial charge < -0.3 is 10.1 Å². The van der Waals surface area contributed by atoms with Crippen LogP contribution in [-0.4, -0.2) is 33.6 Å². The van der Waals surface area contributed by atoms with E-state index >= 15 is 0 Å². The molecule has 27 heavy (non-hydrogen) atoms. The monoisotopic (exact) mass is 408 g/mol. The van der Waals surface area contributed by atoms with Crippen LogP contribution in [0.15, 0.2) is 48.5 Å². The summed E-state index contributed by atoms with van der Waals surface area (Å²) in [6.07, 6.45) is 1.92. The van der Waals surface area contributed by atoms with Crippen LogP contribution in [-0.2, 0) is 20.5 Å². The number of benzene rings is 2. The van der Waals surface area contributed by atoms with Gasteiger partial charge in [-0.1, -0.05) is 35.9 Å². The van der Waals surface area contributed by atoms with Crippen LogP contribution in [0.2, 0.25) is 5.02 Å². The minimum Gasteiger partial charge on any atom is -0.376 e. The Bertz CT molecular complexity index is 894. The Hall–Kier alpha value is -2.09. The van der Waals surface area contributed by atoms with Gasteiger partial charge in [-0.15, -0.1) is 0 Å². The number of carbonyl (C=O) groups is 1. The zero-order chi connectivity index (χ0) is 19.3. The molecule has 3 rings (SSSR count). The van der Waals surface area contributed by atoms with Gasteiger partial charge in [0.05, 0.1) is 23.1 Å². The van der Waals surface area contributed by atoms with Crippen LogP contribution >= 0.6 is 11.6 Å². The van der Waals surface area contributed by atoms with Crippen LogP contribution in [0.5, 0.6) is 0 Å². The number of carbonyl (C=O) groups excluding carboxylic acids is 1. The maximum Gasteiger partial charge on any atom is 0.253 e. The smallest absolute Gasteiger partial charge is 0.253 e. The summed E-state index contributed by atoms with van der Waals surface area (Å²) in [6.45, 7) is 1.12. The molecule has 1 aliphatic heterocycles. The molecule has 6 nitrogen and oxygen atoms in total. The molecule has 1 amide bonds. The molecule has 2 N–H and O–H groups in total. The number of rotatable bonds is 7. The maximum absolute atomic E-state index is 12.5. The van der Waals surface area contributed by atoms with Gasteiger partial charge in [-0.05, 0) is 42.7 Å². The molecule has 0 aromatic heterocycles. The number of para-hydroxylation sites is 1. The number of halogens is 1. The molecule has 1 atom stereocenters. The third-order valence-corrected chi connectivity index (χ3v) is 5.72. The quantitative estimate of drug-likeness (QED) is 0.736. The largest absolute Gasteiger partial charge is 0.376 e. The molecule has 2 aromatic rings. The Kier molecular flexibility index (Phi) is 6.36. The maximum atomic E-state index is 12.5. The van der Waals surface area contributed by atoms with Gasteiger partial charge >= 0.3 is 0 Å². The summed E-state index contributed by atoms with van der Waals surface area (Å²) in [5.74, 6) is -0.550. The lowest BCUT2D eigenvalue weighted by Crippen LogP contribution is -2.32. The topological polar surface area (TPSA) is 84.5 Å². The first kappa shape index (κ1) is 19.7. The van der Waals surface area contributed by atoms with E-state index in [9.17, 15) is 13.2 Å². The van der Waals surface area contributed by atoms with E-state index in [4.69, 9.17) is 16.3 Å². The van der Waals surface area contributed by atoms with E-state index in [1.165, 1.54) is 0 Å². The molecule has 144 valence electrons. The molecule has 1 fully saturated rings. The average molecular weight is 409 g/mol. The highest BCUT2D eigenvalue weighted by Crippen LogP contribution is 2.19. The van der Waals surface area contributed by atoms with Crippen LogP contribution in [0.25, 0.3) is 0 Å². The second-order valence-corrected chi connectivity index (χ2v) is 8.54. The van der Waals surface area contributed by atoms with Crippen molar-refractivity contribution in [3.63, 3.8) is 0 Å². The van der Waals surface area contributed by atoms with Crippen molar-refractivity contribution in [1.29, 1.82) is 0 Å². The fourth-order valence-corrected chi connectivity index (χ4v) is 4.22. The minimum atomic E-state index is -3.68. The highest BCUT2D eigenvalue weighted by Gasteiger charge is 2.20. The Labute approximate surface area is 163 Å². The van der Waals surface area contributed by atoms with Gasteiger partial charge in [0.25, 0.3) is 5.91 Å². The molecule has 1 aliphatic rings. The Morgan fingerprint density at radius 2 is 1.89 bits per heavy atom. The van der Waals surface area contributed by atoms with Gasteiger partial charge in [0.15, 0.2) is 0 Å². The average Bonchev–Trinajstić information content (AvgIpc) is 3.15. The van der Waals surface area contributed by atoms with Crippen molar-refractivity contribution < 1.29 is 17.9 Å². The normalized spacial score (nSPS) is 16.9. The summed E-state index contributed by atoms with van der Waals surface area (Å²) in [4.78, 5) is 12.5. The SMILES string of the molecule is O=C(NCC1CCCO1)c1ccccc1NS(=O)(=O)Cc1ccc(Cl)cc1. The van der Waals surface area contributed by atoms with E-state index in [-0.39, 0.29) is 29.0 Å². The number of hydrogen-bond donors (Lipinski definition) is 2. The van der Waals surface area contributed by atoms with E-state index in [0.717, 1.165) is 12.8 Å². The summed E-state index contributed by atoms with van der Waals surface area (Å²) < 4.78 is 33.0. The lowest BCUT2D eigenvalue weighted by atomic mass is 10.1. The Morgan fingerprint density at radius 3 is 2.59 bits per heavy atom. The first-order valence-electron chi connectivity index (χ1n) is 8.67. The van der Waals surface area contributed by atoms with E-state index < -0.39 is 10.0 Å². The summed E-state index contributed by atoms with van der Waals surface area (Å²) >= 11 is 5.83.